The van der Waals surface area contributed by atoms with Crippen LogP contribution in [0.2, 0.25) is 0 Å². The van der Waals surface area contributed by atoms with E-state index in [9.17, 15) is 0 Å². The van der Waals surface area contributed by atoms with Crippen molar-refractivity contribution in [2.45, 2.75) is 0 Å². The van der Waals surface area contributed by atoms with Crippen molar-refractivity contribution in [2.75, 3.05) is 0 Å². The summed E-state index contributed by atoms with van der Waals surface area (Å²) in [6, 6.07) is 53.3. The molecular formula is C50H28N4O3. The van der Waals surface area contributed by atoms with Crippen molar-refractivity contribution in [1.29, 1.82) is 0 Å². The van der Waals surface area contributed by atoms with Crippen LogP contribution in [0.15, 0.2) is 183 Å². The first kappa shape index (κ1) is 31.5. The number of furan rings is 3. The Bertz CT molecular complexity index is 3530. The number of rotatable bonds is 5. The summed E-state index contributed by atoms with van der Waals surface area (Å²) >= 11 is 0. The van der Waals surface area contributed by atoms with Crippen molar-refractivity contribution in [1.82, 2.24) is 19.9 Å². The monoisotopic (exact) mass is 732 g/mol. The maximum atomic E-state index is 6.75. The topological polar surface area (TPSA) is 91.0 Å². The molecule has 12 aromatic rings. The Hall–Kier alpha value is -7.90. The Labute approximate surface area is 324 Å². The van der Waals surface area contributed by atoms with Gasteiger partial charge in [0.1, 0.15) is 33.5 Å². The molecule has 7 nitrogen and oxygen atoms in total. The van der Waals surface area contributed by atoms with Gasteiger partial charge < -0.3 is 13.3 Å². The zero-order valence-electron chi connectivity index (χ0n) is 30.2. The average molecular weight is 733 g/mol. The fraction of sp³-hybridized carbons (Fsp3) is 0. The number of hydrogen-bond acceptors (Lipinski definition) is 7. The average Bonchev–Trinajstić information content (AvgIpc) is 3.97. The quantitative estimate of drug-likeness (QED) is 0.174. The Morgan fingerprint density at radius 1 is 0.333 bits per heavy atom. The van der Waals surface area contributed by atoms with Crippen molar-refractivity contribution < 1.29 is 13.3 Å². The van der Waals surface area contributed by atoms with Crippen LogP contribution in [-0.4, -0.2) is 19.9 Å². The van der Waals surface area contributed by atoms with Gasteiger partial charge in [-0.25, -0.2) is 15.0 Å². The molecule has 0 saturated carbocycles. The molecule has 0 unspecified atom stereocenters. The number of aromatic nitrogens is 4. The first-order valence-corrected chi connectivity index (χ1v) is 18.8. The molecule has 7 aromatic carbocycles. The summed E-state index contributed by atoms with van der Waals surface area (Å²) in [4.78, 5) is 19.7. The molecule has 0 saturated heterocycles. The van der Waals surface area contributed by atoms with Crippen LogP contribution in [0.4, 0.5) is 0 Å². The standard InChI is InChI=1S/C50H28N4O3/c1-4-12-41-35(9-1)37-21-19-32(27-45(37)56-41)49-52-48(30-17-15-29(16-18-30)33-8-7-25-51-28-33)53-50(54-49)39-23-22-34(46-38-11-3-6-14-43(38)57-47(39)46)31-20-24-44-40(26-31)36-10-2-5-13-42(36)55-44/h1-28H. The number of pyridine rings is 1. The molecule has 266 valence electrons. The second kappa shape index (κ2) is 12.3. The lowest BCUT2D eigenvalue weighted by Gasteiger charge is -2.11. The Kier molecular flexibility index (Phi) is 6.79. The molecule has 5 heterocycles. The number of nitrogens with zero attached hydrogens (tertiary/aromatic N) is 4. The third kappa shape index (κ3) is 5.06. The zero-order valence-corrected chi connectivity index (χ0v) is 30.2. The van der Waals surface area contributed by atoms with E-state index in [1.165, 1.54) is 0 Å². The van der Waals surface area contributed by atoms with Gasteiger partial charge in [0.05, 0.1) is 5.56 Å². The first-order valence-electron chi connectivity index (χ1n) is 18.8. The fourth-order valence-electron chi connectivity index (χ4n) is 8.10. The highest BCUT2D eigenvalue weighted by Gasteiger charge is 2.22. The van der Waals surface area contributed by atoms with Crippen LogP contribution in [0.1, 0.15) is 0 Å². The molecule has 12 rings (SSSR count). The fourth-order valence-corrected chi connectivity index (χ4v) is 8.10. The number of para-hydroxylation sites is 3. The molecule has 5 aromatic heterocycles. The second-order valence-corrected chi connectivity index (χ2v) is 14.2. The molecule has 0 radical (unpaired) electrons. The van der Waals surface area contributed by atoms with Crippen LogP contribution >= 0.6 is 0 Å². The lowest BCUT2D eigenvalue weighted by molar-refractivity contribution is 0.668. The first-order chi connectivity index (χ1) is 28.2. The highest BCUT2D eigenvalue weighted by atomic mass is 16.3. The van der Waals surface area contributed by atoms with E-state index in [1.54, 1.807) is 6.20 Å². The minimum absolute atomic E-state index is 0.503. The van der Waals surface area contributed by atoms with Gasteiger partial charge in [0.2, 0.25) is 0 Å². The summed E-state index contributed by atoms with van der Waals surface area (Å²) in [6.45, 7) is 0. The molecule has 7 heteroatoms. The molecule has 0 aliphatic carbocycles. The van der Waals surface area contributed by atoms with Crippen LogP contribution in [0.5, 0.6) is 0 Å². The van der Waals surface area contributed by atoms with E-state index in [-0.39, 0.29) is 0 Å². The second-order valence-electron chi connectivity index (χ2n) is 14.2. The van der Waals surface area contributed by atoms with Crippen LogP contribution in [0.3, 0.4) is 0 Å². The van der Waals surface area contributed by atoms with Crippen LogP contribution in [-0.2, 0) is 0 Å². The molecule has 57 heavy (non-hydrogen) atoms. The summed E-state index contributed by atoms with van der Waals surface area (Å²) in [5.41, 5.74) is 11.4. The predicted octanol–water partition coefficient (Wildman–Crippen LogP) is 13.3. The van der Waals surface area contributed by atoms with Crippen LogP contribution in [0, 0.1) is 0 Å². The van der Waals surface area contributed by atoms with E-state index >= 15 is 0 Å². The summed E-state index contributed by atoms with van der Waals surface area (Å²) in [5.74, 6) is 1.57. The van der Waals surface area contributed by atoms with Crippen LogP contribution in [0.25, 0.3) is 122 Å². The van der Waals surface area contributed by atoms with Crippen molar-refractivity contribution in [2.24, 2.45) is 0 Å². The van der Waals surface area contributed by atoms with Crippen molar-refractivity contribution >= 4 is 65.8 Å². The van der Waals surface area contributed by atoms with E-state index in [1.807, 2.05) is 97.2 Å². The van der Waals surface area contributed by atoms with E-state index < -0.39 is 0 Å². The Morgan fingerprint density at radius 3 is 1.68 bits per heavy atom. The Balaban J connectivity index is 1.07. The van der Waals surface area contributed by atoms with Gasteiger partial charge >= 0.3 is 0 Å². The van der Waals surface area contributed by atoms with Gasteiger partial charge in [-0.15, -0.1) is 0 Å². The SMILES string of the molecule is c1cncc(-c2ccc(-c3nc(-c4ccc5c(c4)oc4ccccc45)nc(-c4ccc(-c5ccc6oc7ccccc7c6c5)c5c4oc4ccccc45)n3)cc2)c1. The molecule has 0 aliphatic heterocycles. The third-order valence-electron chi connectivity index (χ3n) is 10.9. The van der Waals surface area contributed by atoms with Crippen molar-refractivity contribution in [3.8, 4) is 56.4 Å². The van der Waals surface area contributed by atoms with Gasteiger partial charge in [-0.1, -0.05) is 103 Å². The Morgan fingerprint density at radius 2 is 0.912 bits per heavy atom. The maximum absolute atomic E-state index is 6.75. The summed E-state index contributed by atoms with van der Waals surface area (Å²) in [7, 11) is 0. The molecule has 0 atom stereocenters. The van der Waals surface area contributed by atoms with Gasteiger partial charge in [0.15, 0.2) is 17.5 Å². The van der Waals surface area contributed by atoms with Crippen LogP contribution < -0.4 is 0 Å². The largest absolute Gasteiger partial charge is 0.456 e. The van der Waals surface area contributed by atoms with Gasteiger partial charge in [-0.05, 0) is 76.9 Å². The maximum Gasteiger partial charge on any atom is 0.167 e. The van der Waals surface area contributed by atoms with Gasteiger partial charge in [-0.3, -0.25) is 4.98 Å². The molecule has 0 bridgehead atoms. The molecule has 0 aliphatic rings. The van der Waals surface area contributed by atoms with E-state index in [0.29, 0.717) is 23.1 Å². The smallest absolute Gasteiger partial charge is 0.167 e. The summed E-state index contributed by atoms with van der Waals surface area (Å²) in [5, 5.41) is 6.25. The lowest BCUT2D eigenvalue weighted by Crippen LogP contribution is -2.00. The highest BCUT2D eigenvalue weighted by molar-refractivity contribution is 6.17. The zero-order chi connectivity index (χ0) is 37.5. The normalized spacial score (nSPS) is 11.9. The third-order valence-corrected chi connectivity index (χ3v) is 10.9. The van der Waals surface area contributed by atoms with Crippen molar-refractivity contribution in [3.63, 3.8) is 0 Å². The van der Waals surface area contributed by atoms with E-state index in [4.69, 9.17) is 28.2 Å². The minimum atomic E-state index is 0.503. The predicted molar refractivity (Wildman–Crippen MR) is 227 cm³/mol. The van der Waals surface area contributed by atoms with E-state index in [2.05, 4.69) is 71.7 Å². The van der Waals surface area contributed by atoms with Gasteiger partial charge in [0, 0.05) is 55.8 Å². The van der Waals surface area contributed by atoms with Gasteiger partial charge in [-0.2, -0.15) is 0 Å². The molecular weight excluding hydrogens is 705 g/mol. The molecule has 0 N–H and O–H groups in total. The number of hydrogen-bond donors (Lipinski definition) is 0. The molecule has 0 fully saturated rings. The number of fused-ring (bicyclic) bond motifs is 9. The van der Waals surface area contributed by atoms with Gasteiger partial charge in [0.25, 0.3) is 0 Å². The lowest BCUT2D eigenvalue weighted by atomic mass is 9.95. The molecule has 0 amide bonds. The van der Waals surface area contributed by atoms with Crippen molar-refractivity contribution in [3.05, 3.63) is 170 Å². The summed E-state index contributed by atoms with van der Waals surface area (Å²) in [6.07, 6.45) is 3.64. The highest BCUT2D eigenvalue weighted by Crippen LogP contribution is 2.43. The number of benzene rings is 7. The minimum Gasteiger partial charge on any atom is -0.456 e. The molecule has 0 spiro atoms. The van der Waals surface area contributed by atoms with E-state index in [0.717, 1.165) is 99.2 Å². The summed E-state index contributed by atoms with van der Waals surface area (Å²) < 4.78 is 19.2.